The predicted molar refractivity (Wildman–Crippen MR) is 115 cm³/mol. The summed E-state index contributed by atoms with van der Waals surface area (Å²) in [6.07, 6.45) is 7.50. The van der Waals surface area contributed by atoms with Gasteiger partial charge >= 0.3 is 0 Å². The molecule has 2 atom stereocenters. The number of piperidine rings is 1. The molecule has 156 valence electrons. The molecule has 1 saturated heterocycles. The third-order valence-corrected chi connectivity index (χ3v) is 7.75. The fourth-order valence-electron chi connectivity index (χ4n) is 4.55. The molecule has 3 heterocycles. The van der Waals surface area contributed by atoms with Crippen molar-refractivity contribution in [1.82, 2.24) is 19.7 Å². The normalized spacial score (nSPS) is 21.7. The number of thiophene rings is 1. The molecule has 0 aromatic carbocycles. The number of nitrogens with zero attached hydrogens (tertiary/aromatic N) is 4. The number of amides is 2. The standard InChI is InChI=1S/C20H27N5O2S2/c21-17(26)9-11-25-19(16-8-4-12-28-16)22-23-20(25)29-13-18(27)24-10-3-6-14-5-1-2-7-15(14)24/h4,8,12,14-15H,1-3,5-7,9-11,13H2,(H2,21,26). The zero-order valence-electron chi connectivity index (χ0n) is 16.5. The molecule has 1 aliphatic carbocycles. The van der Waals surface area contributed by atoms with E-state index in [9.17, 15) is 9.59 Å². The number of carbonyl (C=O) groups is 2. The number of rotatable bonds is 7. The minimum absolute atomic E-state index is 0.189. The van der Waals surface area contributed by atoms with Gasteiger partial charge in [-0.05, 0) is 43.0 Å². The number of carbonyl (C=O) groups excluding carboxylic acids is 2. The molecule has 0 bridgehead atoms. The minimum atomic E-state index is -0.362. The molecule has 2 aromatic heterocycles. The van der Waals surface area contributed by atoms with E-state index in [1.54, 1.807) is 11.3 Å². The fourth-order valence-corrected chi connectivity index (χ4v) is 6.12. The highest BCUT2D eigenvalue weighted by Gasteiger charge is 2.35. The molecule has 29 heavy (non-hydrogen) atoms. The van der Waals surface area contributed by atoms with Crippen molar-refractivity contribution < 1.29 is 9.59 Å². The number of thioether (sulfide) groups is 1. The molecule has 2 aliphatic rings. The summed E-state index contributed by atoms with van der Waals surface area (Å²) in [5.74, 6) is 1.58. The van der Waals surface area contributed by atoms with Crippen LogP contribution in [0, 0.1) is 5.92 Å². The van der Waals surface area contributed by atoms with Crippen LogP contribution in [0.5, 0.6) is 0 Å². The Morgan fingerprint density at radius 3 is 2.83 bits per heavy atom. The second-order valence-electron chi connectivity index (χ2n) is 7.78. The van der Waals surface area contributed by atoms with Gasteiger partial charge in [-0.2, -0.15) is 0 Å². The van der Waals surface area contributed by atoms with Gasteiger partial charge in [0.15, 0.2) is 11.0 Å². The van der Waals surface area contributed by atoms with Crippen molar-refractivity contribution in [3.05, 3.63) is 17.5 Å². The lowest BCUT2D eigenvalue weighted by molar-refractivity contribution is -0.134. The molecule has 2 fully saturated rings. The number of hydrogen-bond acceptors (Lipinski definition) is 6. The maximum Gasteiger partial charge on any atom is 0.233 e. The summed E-state index contributed by atoms with van der Waals surface area (Å²) in [7, 11) is 0. The molecule has 2 unspecified atom stereocenters. The average molecular weight is 434 g/mol. The zero-order chi connectivity index (χ0) is 20.2. The van der Waals surface area contributed by atoms with Crippen LogP contribution in [0.15, 0.2) is 22.7 Å². The molecule has 1 saturated carbocycles. The molecular formula is C20H27N5O2S2. The summed E-state index contributed by atoms with van der Waals surface area (Å²) in [6, 6.07) is 4.35. The van der Waals surface area contributed by atoms with E-state index in [0.29, 0.717) is 29.4 Å². The Morgan fingerprint density at radius 1 is 1.21 bits per heavy atom. The molecule has 9 heteroatoms. The maximum atomic E-state index is 13.0. The van der Waals surface area contributed by atoms with Crippen molar-refractivity contribution in [3.63, 3.8) is 0 Å². The van der Waals surface area contributed by atoms with Gasteiger partial charge in [0.2, 0.25) is 11.8 Å². The summed E-state index contributed by atoms with van der Waals surface area (Å²) in [5.41, 5.74) is 5.35. The van der Waals surface area contributed by atoms with Crippen LogP contribution in [-0.4, -0.2) is 49.8 Å². The Balaban J connectivity index is 1.46. The average Bonchev–Trinajstić information content (AvgIpc) is 3.39. The lowest BCUT2D eigenvalue weighted by Gasteiger charge is -2.44. The summed E-state index contributed by atoms with van der Waals surface area (Å²) in [4.78, 5) is 27.4. The molecule has 2 N–H and O–H groups in total. The Hall–Kier alpha value is -1.87. The van der Waals surface area contributed by atoms with Crippen molar-refractivity contribution in [2.45, 2.75) is 62.7 Å². The highest BCUT2D eigenvalue weighted by molar-refractivity contribution is 7.99. The van der Waals surface area contributed by atoms with Crippen molar-refractivity contribution in [3.8, 4) is 10.7 Å². The molecule has 2 amide bonds. The van der Waals surface area contributed by atoms with Crippen molar-refractivity contribution in [2.75, 3.05) is 12.3 Å². The highest BCUT2D eigenvalue weighted by atomic mass is 32.2. The molecule has 0 radical (unpaired) electrons. The van der Waals surface area contributed by atoms with Gasteiger partial charge in [-0.3, -0.25) is 9.59 Å². The van der Waals surface area contributed by atoms with Gasteiger partial charge in [0.25, 0.3) is 0 Å². The van der Waals surface area contributed by atoms with E-state index >= 15 is 0 Å². The highest BCUT2D eigenvalue weighted by Crippen LogP contribution is 2.36. The second kappa shape index (κ2) is 9.30. The summed E-state index contributed by atoms with van der Waals surface area (Å²) in [5, 5.41) is 11.3. The lowest BCUT2D eigenvalue weighted by Crippen LogP contribution is -2.50. The SMILES string of the molecule is NC(=O)CCn1c(SCC(=O)N2CCCC3CCCCC32)nnc1-c1cccs1. The van der Waals surface area contributed by atoms with Gasteiger partial charge in [-0.25, -0.2) is 0 Å². The first-order chi connectivity index (χ1) is 14.1. The first-order valence-electron chi connectivity index (χ1n) is 10.3. The first-order valence-corrected chi connectivity index (χ1v) is 12.2. The number of primary amides is 1. The van der Waals surface area contributed by atoms with Gasteiger partial charge in [0, 0.05) is 25.6 Å². The monoisotopic (exact) mass is 433 g/mol. The minimum Gasteiger partial charge on any atom is -0.370 e. The molecule has 4 rings (SSSR count). The van der Waals surface area contributed by atoms with E-state index in [-0.39, 0.29) is 18.2 Å². The van der Waals surface area contributed by atoms with Crippen LogP contribution < -0.4 is 5.73 Å². The summed E-state index contributed by atoms with van der Waals surface area (Å²) < 4.78 is 1.91. The van der Waals surface area contributed by atoms with Crippen molar-refractivity contribution in [1.29, 1.82) is 0 Å². The zero-order valence-corrected chi connectivity index (χ0v) is 18.1. The van der Waals surface area contributed by atoms with Crippen LogP contribution in [0.3, 0.4) is 0 Å². The van der Waals surface area contributed by atoms with Crippen LogP contribution in [0.2, 0.25) is 0 Å². The predicted octanol–water partition coefficient (Wildman–Crippen LogP) is 3.16. The molecule has 0 spiro atoms. The second-order valence-corrected chi connectivity index (χ2v) is 9.67. The Labute approximate surface area is 179 Å². The molecule has 2 aromatic rings. The van der Waals surface area contributed by atoms with Crippen molar-refractivity contribution in [2.24, 2.45) is 11.7 Å². The Morgan fingerprint density at radius 2 is 2.03 bits per heavy atom. The fraction of sp³-hybridized carbons (Fsp3) is 0.600. The van der Waals surface area contributed by atoms with Gasteiger partial charge < -0.3 is 15.2 Å². The lowest BCUT2D eigenvalue weighted by atomic mass is 9.78. The number of aromatic nitrogens is 3. The first kappa shape index (κ1) is 20.4. The summed E-state index contributed by atoms with van der Waals surface area (Å²) in [6.45, 7) is 1.29. The summed E-state index contributed by atoms with van der Waals surface area (Å²) >= 11 is 2.98. The number of likely N-dealkylation sites (tertiary alicyclic amines) is 1. The van der Waals surface area contributed by atoms with Gasteiger partial charge in [-0.15, -0.1) is 21.5 Å². The molecule has 1 aliphatic heterocycles. The third kappa shape index (κ3) is 4.66. The topological polar surface area (TPSA) is 94.1 Å². The number of fused-ring (bicyclic) bond motifs is 1. The Bertz CT molecular complexity index is 849. The third-order valence-electron chi connectivity index (χ3n) is 5.93. The van der Waals surface area contributed by atoms with E-state index < -0.39 is 0 Å². The van der Waals surface area contributed by atoms with Crippen LogP contribution in [0.25, 0.3) is 10.7 Å². The van der Waals surface area contributed by atoms with E-state index in [4.69, 9.17) is 5.73 Å². The van der Waals surface area contributed by atoms with E-state index in [0.717, 1.165) is 30.1 Å². The molecular weight excluding hydrogens is 406 g/mol. The van der Waals surface area contributed by atoms with E-state index in [2.05, 4.69) is 15.1 Å². The number of hydrogen-bond donors (Lipinski definition) is 1. The quantitative estimate of drug-likeness (QED) is 0.677. The van der Waals surface area contributed by atoms with Crippen LogP contribution >= 0.6 is 23.1 Å². The van der Waals surface area contributed by atoms with E-state index in [1.807, 2.05) is 22.1 Å². The number of nitrogens with two attached hydrogens (primary N) is 1. The van der Waals surface area contributed by atoms with Crippen LogP contribution in [-0.2, 0) is 16.1 Å². The van der Waals surface area contributed by atoms with Crippen LogP contribution in [0.4, 0.5) is 0 Å². The smallest absolute Gasteiger partial charge is 0.233 e. The molecule has 7 nitrogen and oxygen atoms in total. The maximum absolute atomic E-state index is 13.0. The largest absolute Gasteiger partial charge is 0.370 e. The van der Waals surface area contributed by atoms with Crippen molar-refractivity contribution >= 4 is 34.9 Å². The van der Waals surface area contributed by atoms with Gasteiger partial charge in [-0.1, -0.05) is 30.7 Å². The van der Waals surface area contributed by atoms with E-state index in [1.165, 1.54) is 37.4 Å². The van der Waals surface area contributed by atoms with Gasteiger partial charge in [0.1, 0.15) is 0 Å². The van der Waals surface area contributed by atoms with Gasteiger partial charge in [0.05, 0.1) is 10.6 Å². The Kier molecular flexibility index (Phi) is 6.54. The van der Waals surface area contributed by atoms with Crippen LogP contribution in [0.1, 0.15) is 44.9 Å².